The summed E-state index contributed by atoms with van der Waals surface area (Å²) in [5.74, 6) is 0. The van der Waals surface area contributed by atoms with Crippen LogP contribution < -0.4 is 5.32 Å². The first-order valence-corrected chi connectivity index (χ1v) is 8.40. The lowest BCUT2D eigenvalue weighted by Crippen LogP contribution is -2.12. The number of hydrogen-bond donors (Lipinski definition) is 2. The summed E-state index contributed by atoms with van der Waals surface area (Å²) in [6.07, 6.45) is 3.58. The van der Waals surface area contributed by atoms with Crippen molar-refractivity contribution in [3.05, 3.63) is 36.4 Å². The molecule has 0 aliphatic heterocycles. The minimum absolute atomic E-state index is 0.170. The van der Waals surface area contributed by atoms with Crippen LogP contribution in [0.4, 0.5) is 5.69 Å². The van der Waals surface area contributed by atoms with E-state index in [1.165, 1.54) is 23.9 Å². The number of thioether (sulfide) groups is 1. The SMILES string of the molecule is CSC(=Nc1cccc2cc(S(=O)(=O)O)ccc12)NC#N. The van der Waals surface area contributed by atoms with Crippen molar-refractivity contribution in [2.24, 2.45) is 4.99 Å². The Morgan fingerprint density at radius 2 is 2.14 bits per heavy atom. The third-order valence-corrected chi connectivity index (χ3v) is 4.13. The third-order valence-electron chi connectivity index (χ3n) is 2.70. The minimum atomic E-state index is -4.24. The Labute approximate surface area is 126 Å². The minimum Gasteiger partial charge on any atom is -0.282 e. The monoisotopic (exact) mass is 321 g/mol. The molecular formula is C13H11N3O3S2. The molecule has 0 amide bonds. The molecule has 0 unspecified atom stereocenters. The van der Waals surface area contributed by atoms with Crippen LogP contribution in [0.1, 0.15) is 0 Å². The van der Waals surface area contributed by atoms with E-state index in [0.717, 1.165) is 5.39 Å². The van der Waals surface area contributed by atoms with Crippen molar-refractivity contribution >= 4 is 43.5 Å². The van der Waals surface area contributed by atoms with Gasteiger partial charge in [-0.05, 0) is 29.8 Å². The number of nitrogens with one attached hydrogen (secondary N) is 1. The Bertz CT molecular complexity index is 855. The van der Waals surface area contributed by atoms with Gasteiger partial charge in [-0.25, -0.2) is 4.99 Å². The molecule has 0 saturated carbocycles. The van der Waals surface area contributed by atoms with Crippen LogP contribution in [-0.2, 0) is 10.1 Å². The van der Waals surface area contributed by atoms with E-state index < -0.39 is 10.1 Å². The van der Waals surface area contributed by atoms with Gasteiger partial charge in [0.15, 0.2) is 11.4 Å². The van der Waals surface area contributed by atoms with Crippen molar-refractivity contribution in [2.75, 3.05) is 6.26 Å². The lowest BCUT2D eigenvalue weighted by molar-refractivity contribution is 0.483. The van der Waals surface area contributed by atoms with E-state index in [4.69, 9.17) is 9.81 Å². The first-order chi connectivity index (χ1) is 9.95. The highest BCUT2D eigenvalue weighted by atomic mass is 32.2. The molecule has 21 heavy (non-hydrogen) atoms. The van der Waals surface area contributed by atoms with Gasteiger partial charge in [0.2, 0.25) is 0 Å². The van der Waals surface area contributed by atoms with E-state index in [-0.39, 0.29) is 4.90 Å². The fourth-order valence-electron chi connectivity index (χ4n) is 1.78. The van der Waals surface area contributed by atoms with Crippen molar-refractivity contribution in [1.29, 1.82) is 5.26 Å². The average Bonchev–Trinajstić information content (AvgIpc) is 2.45. The van der Waals surface area contributed by atoms with E-state index in [0.29, 0.717) is 16.2 Å². The molecule has 2 N–H and O–H groups in total. The second-order valence-corrected chi connectivity index (χ2v) is 6.21. The number of nitrogens with zero attached hydrogens (tertiary/aromatic N) is 2. The second kappa shape index (κ2) is 6.13. The molecule has 0 bridgehead atoms. The first kappa shape index (κ1) is 15.3. The van der Waals surface area contributed by atoms with Crippen molar-refractivity contribution in [1.82, 2.24) is 5.32 Å². The molecular weight excluding hydrogens is 310 g/mol. The number of nitriles is 1. The molecule has 0 heterocycles. The lowest BCUT2D eigenvalue weighted by atomic mass is 10.1. The topological polar surface area (TPSA) is 103 Å². The highest BCUT2D eigenvalue weighted by Crippen LogP contribution is 2.28. The van der Waals surface area contributed by atoms with E-state index in [2.05, 4.69) is 10.3 Å². The molecule has 0 aliphatic rings. The van der Waals surface area contributed by atoms with Gasteiger partial charge in [-0.2, -0.15) is 13.7 Å². The largest absolute Gasteiger partial charge is 0.294 e. The molecule has 2 aromatic rings. The highest BCUT2D eigenvalue weighted by Gasteiger charge is 2.11. The Balaban J connectivity index is 2.60. The molecule has 0 aliphatic carbocycles. The maximum Gasteiger partial charge on any atom is 0.294 e. The molecule has 108 valence electrons. The van der Waals surface area contributed by atoms with E-state index in [1.807, 2.05) is 0 Å². The molecule has 2 rings (SSSR count). The fraction of sp³-hybridized carbons (Fsp3) is 0.0769. The zero-order valence-corrected chi connectivity index (χ0v) is 12.6. The van der Waals surface area contributed by atoms with Crippen LogP contribution >= 0.6 is 11.8 Å². The average molecular weight is 321 g/mol. The van der Waals surface area contributed by atoms with Gasteiger partial charge in [-0.3, -0.25) is 9.87 Å². The molecule has 2 aromatic carbocycles. The summed E-state index contributed by atoms with van der Waals surface area (Å²) in [4.78, 5) is 4.15. The zero-order valence-electron chi connectivity index (χ0n) is 10.9. The van der Waals surface area contributed by atoms with Gasteiger partial charge in [-0.15, -0.1) is 0 Å². The van der Waals surface area contributed by atoms with Gasteiger partial charge >= 0.3 is 0 Å². The number of amidine groups is 1. The summed E-state index contributed by atoms with van der Waals surface area (Å²) in [6, 6.07) is 9.46. The highest BCUT2D eigenvalue weighted by molar-refractivity contribution is 8.13. The van der Waals surface area contributed by atoms with Crippen molar-refractivity contribution in [2.45, 2.75) is 4.90 Å². The van der Waals surface area contributed by atoms with Crippen LogP contribution in [0.5, 0.6) is 0 Å². The van der Waals surface area contributed by atoms with Crippen LogP contribution in [0.2, 0.25) is 0 Å². The molecule has 8 heteroatoms. The normalized spacial score (nSPS) is 12.1. The molecule has 0 spiro atoms. The lowest BCUT2D eigenvalue weighted by Gasteiger charge is -2.05. The van der Waals surface area contributed by atoms with E-state index in [1.54, 1.807) is 36.7 Å². The fourth-order valence-corrected chi connectivity index (χ4v) is 2.64. The Hall–Kier alpha value is -2.08. The second-order valence-electron chi connectivity index (χ2n) is 3.99. The Kier molecular flexibility index (Phi) is 4.47. The van der Waals surface area contributed by atoms with Crippen LogP contribution in [0, 0.1) is 11.5 Å². The standard InChI is InChI=1S/C13H11N3O3S2/c1-20-13(15-8-14)16-12-4-2-3-9-7-10(21(17,18)19)5-6-11(9)12/h2-7H,1H3,(H,15,16)(H,17,18,19). The summed E-state index contributed by atoms with van der Waals surface area (Å²) in [7, 11) is -4.24. The van der Waals surface area contributed by atoms with Gasteiger partial charge in [0.1, 0.15) is 0 Å². The van der Waals surface area contributed by atoms with Gasteiger partial charge in [0.05, 0.1) is 10.6 Å². The van der Waals surface area contributed by atoms with Crippen LogP contribution in [0.15, 0.2) is 46.3 Å². The first-order valence-electron chi connectivity index (χ1n) is 5.74. The summed E-state index contributed by atoms with van der Waals surface area (Å²) >= 11 is 1.29. The van der Waals surface area contributed by atoms with E-state index >= 15 is 0 Å². The van der Waals surface area contributed by atoms with Gasteiger partial charge in [0.25, 0.3) is 10.1 Å². The van der Waals surface area contributed by atoms with Crippen LogP contribution in [0.25, 0.3) is 10.8 Å². The maximum atomic E-state index is 11.1. The summed E-state index contributed by atoms with van der Waals surface area (Å²) in [6.45, 7) is 0. The number of rotatable bonds is 2. The number of fused-ring (bicyclic) bond motifs is 1. The van der Waals surface area contributed by atoms with Crippen molar-refractivity contribution in [3.63, 3.8) is 0 Å². The maximum absolute atomic E-state index is 11.1. The Morgan fingerprint density at radius 1 is 1.38 bits per heavy atom. The zero-order chi connectivity index (χ0) is 15.5. The summed E-state index contributed by atoms with van der Waals surface area (Å²) in [5, 5.41) is 12.9. The molecule has 0 saturated heterocycles. The van der Waals surface area contributed by atoms with Crippen molar-refractivity contribution < 1.29 is 13.0 Å². The van der Waals surface area contributed by atoms with Gasteiger partial charge in [0, 0.05) is 5.39 Å². The molecule has 0 aromatic heterocycles. The van der Waals surface area contributed by atoms with Gasteiger partial charge < -0.3 is 0 Å². The molecule has 0 atom stereocenters. The summed E-state index contributed by atoms with van der Waals surface area (Å²) in [5.41, 5.74) is 0.599. The van der Waals surface area contributed by atoms with E-state index in [9.17, 15) is 8.42 Å². The van der Waals surface area contributed by atoms with Crippen LogP contribution in [-0.4, -0.2) is 24.4 Å². The molecule has 0 fully saturated rings. The van der Waals surface area contributed by atoms with Crippen LogP contribution in [0.3, 0.4) is 0 Å². The quantitative estimate of drug-likeness (QED) is 0.290. The molecule has 6 nitrogen and oxygen atoms in total. The number of benzene rings is 2. The van der Waals surface area contributed by atoms with Crippen molar-refractivity contribution in [3.8, 4) is 6.19 Å². The third kappa shape index (κ3) is 3.52. The smallest absolute Gasteiger partial charge is 0.282 e. The predicted octanol–water partition coefficient (Wildman–Crippen LogP) is 2.51. The van der Waals surface area contributed by atoms with Gasteiger partial charge in [-0.1, -0.05) is 30.0 Å². The number of aliphatic imine (C=N–C) groups is 1. The number of hydrogen-bond acceptors (Lipinski definition) is 5. The predicted molar refractivity (Wildman–Crippen MR) is 83.1 cm³/mol. The summed E-state index contributed by atoms with van der Waals surface area (Å²) < 4.78 is 31.4. The Morgan fingerprint density at radius 3 is 2.76 bits per heavy atom. The molecule has 0 radical (unpaired) electrons.